The molecule has 0 aliphatic carbocycles. The Morgan fingerprint density at radius 1 is 1.44 bits per heavy atom. The van der Waals surface area contributed by atoms with Crippen LogP contribution in [0.4, 0.5) is 4.39 Å². The number of thiol groups is 1. The Balaban J connectivity index is 2.19. The molecule has 1 aromatic rings. The average molecular weight is 268 g/mol. The molecule has 0 spiro atoms. The van der Waals surface area contributed by atoms with Gasteiger partial charge in [-0.1, -0.05) is 0 Å². The molecule has 1 aliphatic heterocycles. The number of rotatable bonds is 1. The zero-order valence-electron chi connectivity index (χ0n) is 10.6. The summed E-state index contributed by atoms with van der Waals surface area (Å²) in [6, 6.07) is 4.62. The fourth-order valence-corrected chi connectivity index (χ4v) is 2.28. The van der Waals surface area contributed by atoms with Crippen molar-refractivity contribution in [2.45, 2.75) is 17.9 Å². The Bertz CT molecular complexity index is 466. The number of hydrogen-bond acceptors (Lipinski definition) is 3. The van der Waals surface area contributed by atoms with Crippen LogP contribution in [0.3, 0.4) is 0 Å². The van der Waals surface area contributed by atoms with Gasteiger partial charge in [-0.3, -0.25) is 4.79 Å². The highest BCUT2D eigenvalue weighted by molar-refractivity contribution is 7.80. The zero-order chi connectivity index (χ0) is 13.3. The molecule has 1 aliphatic rings. The van der Waals surface area contributed by atoms with Crippen molar-refractivity contribution in [2.24, 2.45) is 0 Å². The first kappa shape index (κ1) is 13.4. The minimum atomic E-state index is -0.482. The summed E-state index contributed by atoms with van der Waals surface area (Å²) in [6.45, 7) is 4.14. The van der Waals surface area contributed by atoms with Gasteiger partial charge in [0.15, 0.2) is 0 Å². The fourth-order valence-electron chi connectivity index (χ4n) is 2.08. The van der Waals surface area contributed by atoms with E-state index in [4.69, 9.17) is 0 Å². The van der Waals surface area contributed by atoms with E-state index in [2.05, 4.69) is 24.5 Å². The molecule has 1 atom stereocenters. The third kappa shape index (κ3) is 2.67. The van der Waals surface area contributed by atoms with Crippen LogP contribution in [0.5, 0.6) is 0 Å². The summed E-state index contributed by atoms with van der Waals surface area (Å²) in [4.78, 5) is 16.8. The molecule has 1 unspecified atom stereocenters. The Morgan fingerprint density at radius 2 is 2.17 bits per heavy atom. The average Bonchev–Trinajstić information content (AvgIpc) is 2.35. The molecule has 5 heteroatoms. The lowest BCUT2D eigenvalue weighted by Crippen LogP contribution is -2.52. The van der Waals surface area contributed by atoms with E-state index in [1.165, 1.54) is 12.1 Å². The lowest BCUT2D eigenvalue weighted by atomic mass is 10.1. The second kappa shape index (κ2) is 5.28. The van der Waals surface area contributed by atoms with E-state index in [0.717, 1.165) is 6.54 Å². The van der Waals surface area contributed by atoms with Crippen molar-refractivity contribution in [3.05, 3.63) is 29.6 Å². The minimum absolute atomic E-state index is 0.110. The van der Waals surface area contributed by atoms with E-state index in [-0.39, 0.29) is 11.5 Å². The van der Waals surface area contributed by atoms with Crippen LogP contribution in [-0.4, -0.2) is 48.4 Å². The summed E-state index contributed by atoms with van der Waals surface area (Å²) >= 11 is 4.15. The van der Waals surface area contributed by atoms with Gasteiger partial charge in [0.1, 0.15) is 5.82 Å². The molecule has 0 radical (unpaired) electrons. The molecule has 1 saturated heterocycles. The molecule has 0 bridgehead atoms. The summed E-state index contributed by atoms with van der Waals surface area (Å²) in [6.07, 6.45) is 0. The van der Waals surface area contributed by atoms with Crippen molar-refractivity contribution >= 4 is 18.5 Å². The highest BCUT2D eigenvalue weighted by Crippen LogP contribution is 2.17. The van der Waals surface area contributed by atoms with Crippen LogP contribution in [0, 0.1) is 5.82 Å². The molecule has 1 aromatic carbocycles. The predicted octanol–water partition coefficient (Wildman–Crippen LogP) is 1.89. The van der Waals surface area contributed by atoms with Crippen LogP contribution in [-0.2, 0) is 0 Å². The first-order valence-corrected chi connectivity index (χ1v) is 6.42. The van der Waals surface area contributed by atoms with Crippen molar-refractivity contribution in [2.75, 3.05) is 26.7 Å². The van der Waals surface area contributed by atoms with Gasteiger partial charge in [0.2, 0.25) is 0 Å². The van der Waals surface area contributed by atoms with Crippen LogP contribution >= 0.6 is 12.6 Å². The molecule has 1 fully saturated rings. The van der Waals surface area contributed by atoms with Crippen LogP contribution < -0.4 is 0 Å². The van der Waals surface area contributed by atoms with Crippen LogP contribution in [0.25, 0.3) is 0 Å². The normalized spacial score (nSPS) is 21.1. The zero-order valence-corrected chi connectivity index (χ0v) is 11.5. The summed E-state index contributed by atoms with van der Waals surface area (Å²) in [5.74, 6) is -0.729. The minimum Gasteiger partial charge on any atom is -0.336 e. The summed E-state index contributed by atoms with van der Waals surface area (Å²) < 4.78 is 13.7. The molecule has 18 heavy (non-hydrogen) atoms. The number of halogens is 1. The largest absolute Gasteiger partial charge is 0.336 e. The maximum absolute atomic E-state index is 13.7. The molecule has 1 heterocycles. The quantitative estimate of drug-likeness (QED) is 0.786. The Kier molecular flexibility index (Phi) is 3.92. The van der Waals surface area contributed by atoms with Crippen molar-refractivity contribution in [1.29, 1.82) is 0 Å². The molecule has 3 nitrogen and oxygen atoms in total. The smallest absolute Gasteiger partial charge is 0.256 e. The van der Waals surface area contributed by atoms with Crippen LogP contribution in [0.15, 0.2) is 23.1 Å². The van der Waals surface area contributed by atoms with E-state index < -0.39 is 5.82 Å². The van der Waals surface area contributed by atoms with Gasteiger partial charge in [-0.15, -0.1) is 12.6 Å². The monoisotopic (exact) mass is 268 g/mol. The summed E-state index contributed by atoms with van der Waals surface area (Å²) in [5, 5.41) is 0. The van der Waals surface area contributed by atoms with Crippen LogP contribution in [0.2, 0.25) is 0 Å². The Morgan fingerprint density at radius 3 is 2.83 bits per heavy atom. The number of likely N-dealkylation sites (N-methyl/N-ethyl adjacent to an activating group) is 1. The first-order valence-electron chi connectivity index (χ1n) is 5.97. The van der Waals surface area contributed by atoms with Gasteiger partial charge < -0.3 is 9.80 Å². The van der Waals surface area contributed by atoms with Crippen molar-refractivity contribution in [3.63, 3.8) is 0 Å². The highest BCUT2D eigenvalue weighted by Gasteiger charge is 2.26. The fraction of sp³-hybridized carbons (Fsp3) is 0.462. The van der Waals surface area contributed by atoms with Gasteiger partial charge >= 0.3 is 0 Å². The Labute approximate surface area is 112 Å². The molecular weight excluding hydrogens is 251 g/mol. The number of piperazine rings is 1. The lowest BCUT2D eigenvalue weighted by Gasteiger charge is -2.37. The maximum atomic E-state index is 13.7. The van der Waals surface area contributed by atoms with E-state index in [9.17, 15) is 9.18 Å². The number of benzene rings is 1. The molecule has 0 aromatic heterocycles. The maximum Gasteiger partial charge on any atom is 0.256 e. The van der Waals surface area contributed by atoms with Crippen molar-refractivity contribution in [3.8, 4) is 0 Å². The number of amides is 1. The van der Waals surface area contributed by atoms with Gasteiger partial charge in [-0.05, 0) is 32.2 Å². The SMILES string of the molecule is CC1CN(C(=O)c2cc(S)ccc2F)CCN1C. The molecule has 0 saturated carbocycles. The lowest BCUT2D eigenvalue weighted by molar-refractivity contribution is 0.0567. The molecular formula is C13H17FN2OS. The number of carbonyl (C=O) groups excluding carboxylic acids is 1. The van der Waals surface area contributed by atoms with Gasteiger partial charge in [0.05, 0.1) is 5.56 Å². The van der Waals surface area contributed by atoms with E-state index >= 15 is 0 Å². The van der Waals surface area contributed by atoms with Gasteiger partial charge in [0.25, 0.3) is 5.91 Å². The van der Waals surface area contributed by atoms with E-state index in [1.807, 2.05) is 7.05 Å². The third-order valence-corrected chi connectivity index (χ3v) is 3.71. The van der Waals surface area contributed by atoms with E-state index in [0.29, 0.717) is 24.0 Å². The topological polar surface area (TPSA) is 23.6 Å². The van der Waals surface area contributed by atoms with Crippen LogP contribution in [0.1, 0.15) is 17.3 Å². The van der Waals surface area contributed by atoms with Crippen molar-refractivity contribution in [1.82, 2.24) is 9.80 Å². The third-order valence-electron chi connectivity index (χ3n) is 3.43. The number of nitrogens with zero attached hydrogens (tertiary/aromatic N) is 2. The van der Waals surface area contributed by atoms with Gasteiger partial charge in [-0.25, -0.2) is 4.39 Å². The predicted molar refractivity (Wildman–Crippen MR) is 71.6 cm³/mol. The van der Waals surface area contributed by atoms with E-state index in [1.54, 1.807) is 11.0 Å². The highest BCUT2D eigenvalue weighted by atomic mass is 32.1. The van der Waals surface area contributed by atoms with Gasteiger partial charge in [-0.2, -0.15) is 0 Å². The first-order chi connectivity index (χ1) is 8.49. The molecule has 0 N–H and O–H groups in total. The second-order valence-corrected chi connectivity index (χ2v) is 5.26. The molecule has 2 rings (SSSR count). The number of carbonyl (C=O) groups is 1. The molecule has 98 valence electrons. The standard InChI is InChI=1S/C13H17FN2OS/c1-9-8-16(6-5-15(9)2)13(17)11-7-10(18)3-4-12(11)14/h3-4,7,9,18H,5-6,8H2,1-2H3. The van der Waals surface area contributed by atoms with Crippen molar-refractivity contribution < 1.29 is 9.18 Å². The Hall–Kier alpha value is -1.07. The number of hydrogen-bond donors (Lipinski definition) is 1. The van der Waals surface area contributed by atoms with Gasteiger partial charge in [0, 0.05) is 30.6 Å². The second-order valence-electron chi connectivity index (χ2n) is 4.74. The summed E-state index contributed by atoms with van der Waals surface area (Å²) in [7, 11) is 2.03. The summed E-state index contributed by atoms with van der Waals surface area (Å²) in [5.41, 5.74) is 0.110. The molecule has 1 amide bonds.